The van der Waals surface area contributed by atoms with E-state index in [0.717, 1.165) is 32.8 Å². The molecule has 1 unspecified atom stereocenters. The van der Waals surface area contributed by atoms with Gasteiger partial charge >= 0.3 is 0 Å². The lowest BCUT2D eigenvalue weighted by atomic mass is 10.2. The summed E-state index contributed by atoms with van der Waals surface area (Å²) < 4.78 is 19.3. The van der Waals surface area contributed by atoms with Gasteiger partial charge in [-0.2, -0.15) is 0 Å². The van der Waals surface area contributed by atoms with Crippen molar-refractivity contribution in [3.63, 3.8) is 0 Å². The van der Waals surface area contributed by atoms with Crippen LogP contribution in [0.5, 0.6) is 0 Å². The molecular formula is C19H25ClFN3O3. The van der Waals surface area contributed by atoms with Gasteiger partial charge in [0.15, 0.2) is 0 Å². The Morgan fingerprint density at radius 1 is 1.30 bits per heavy atom. The van der Waals surface area contributed by atoms with Crippen LogP contribution in [0.25, 0.3) is 0 Å². The van der Waals surface area contributed by atoms with Crippen LogP contribution in [0.1, 0.15) is 23.7 Å². The molecule has 2 aliphatic heterocycles. The molecule has 3 rings (SSSR count). The fourth-order valence-electron chi connectivity index (χ4n) is 3.68. The number of hydrogen-bond donors (Lipinski definition) is 0. The standard InChI is InChI=1S/C19H25ClFN3O3/c1-14(25)24(7-6-22-8-10-27-11-9-22)16-4-5-23(13-16)19(26)17-12-15(20)2-3-18(17)21/h2-3,12,16H,4-11,13H2,1H3. The molecule has 148 valence electrons. The summed E-state index contributed by atoms with van der Waals surface area (Å²) in [4.78, 5) is 30.5. The smallest absolute Gasteiger partial charge is 0.256 e. The van der Waals surface area contributed by atoms with Crippen LogP contribution in [0, 0.1) is 5.82 Å². The number of ether oxygens (including phenoxy) is 1. The number of nitrogens with zero attached hydrogens (tertiary/aromatic N) is 3. The van der Waals surface area contributed by atoms with E-state index in [1.807, 2.05) is 4.90 Å². The van der Waals surface area contributed by atoms with Crippen molar-refractivity contribution in [1.82, 2.24) is 14.7 Å². The molecule has 0 radical (unpaired) electrons. The quantitative estimate of drug-likeness (QED) is 0.761. The summed E-state index contributed by atoms with van der Waals surface area (Å²) in [5.41, 5.74) is -0.0224. The number of amides is 2. The van der Waals surface area contributed by atoms with E-state index in [0.29, 0.717) is 31.1 Å². The summed E-state index contributed by atoms with van der Waals surface area (Å²) in [6.45, 7) is 7.05. The van der Waals surface area contributed by atoms with E-state index in [-0.39, 0.29) is 23.4 Å². The van der Waals surface area contributed by atoms with E-state index in [9.17, 15) is 14.0 Å². The van der Waals surface area contributed by atoms with E-state index >= 15 is 0 Å². The average molecular weight is 398 g/mol. The van der Waals surface area contributed by atoms with Gasteiger partial charge in [-0.3, -0.25) is 14.5 Å². The van der Waals surface area contributed by atoms with E-state index in [1.54, 1.807) is 11.8 Å². The van der Waals surface area contributed by atoms with E-state index < -0.39 is 5.82 Å². The Kier molecular flexibility index (Phi) is 6.68. The van der Waals surface area contributed by atoms with Crippen molar-refractivity contribution in [2.45, 2.75) is 19.4 Å². The van der Waals surface area contributed by atoms with Crippen molar-refractivity contribution in [3.8, 4) is 0 Å². The van der Waals surface area contributed by atoms with Crippen LogP contribution < -0.4 is 0 Å². The highest BCUT2D eigenvalue weighted by molar-refractivity contribution is 6.31. The van der Waals surface area contributed by atoms with Gasteiger partial charge in [0.2, 0.25) is 5.91 Å². The third-order valence-electron chi connectivity index (χ3n) is 5.22. The van der Waals surface area contributed by atoms with Crippen LogP contribution in [-0.4, -0.2) is 85.0 Å². The Labute approximate surface area is 163 Å². The second-order valence-corrected chi connectivity index (χ2v) is 7.42. The molecule has 0 spiro atoms. The third-order valence-corrected chi connectivity index (χ3v) is 5.45. The van der Waals surface area contributed by atoms with Crippen molar-refractivity contribution in [2.75, 3.05) is 52.5 Å². The molecule has 2 saturated heterocycles. The normalized spacial score (nSPS) is 20.7. The molecule has 2 aliphatic rings. The van der Waals surface area contributed by atoms with Gasteiger partial charge in [-0.15, -0.1) is 0 Å². The van der Waals surface area contributed by atoms with Crippen LogP contribution in [-0.2, 0) is 9.53 Å². The average Bonchev–Trinajstić information content (AvgIpc) is 3.13. The van der Waals surface area contributed by atoms with E-state index in [1.165, 1.54) is 18.2 Å². The SMILES string of the molecule is CC(=O)N(CCN1CCOCC1)C1CCN(C(=O)c2cc(Cl)ccc2F)C1. The van der Waals surface area contributed by atoms with Crippen molar-refractivity contribution in [1.29, 1.82) is 0 Å². The number of carbonyl (C=O) groups is 2. The highest BCUT2D eigenvalue weighted by Gasteiger charge is 2.33. The van der Waals surface area contributed by atoms with Gasteiger partial charge in [-0.05, 0) is 24.6 Å². The Morgan fingerprint density at radius 3 is 2.74 bits per heavy atom. The Hall–Kier alpha value is -1.70. The van der Waals surface area contributed by atoms with Crippen molar-refractivity contribution >= 4 is 23.4 Å². The molecule has 6 nitrogen and oxygen atoms in total. The lowest BCUT2D eigenvalue weighted by molar-refractivity contribution is -0.131. The van der Waals surface area contributed by atoms with Gasteiger partial charge < -0.3 is 14.5 Å². The first-order chi connectivity index (χ1) is 13.0. The monoisotopic (exact) mass is 397 g/mol. The first-order valence-corrected chi connectivity index (χ1v) is 9.65. The second kappa shape index (κ2) is 8.99. The van der Waals surface area contributed by atoms with Crippen molar-refractivity contribution in [2.24, 2.45) is 0 Å². The maximum absolute atomic E-state index is 14.0. The van der Waals surface area contributed by atoms with Crippen LogP contribution >= 0.6 is 11.6 Å². The Bertz CT molecular complexity index is 697. The number of rotatable bonds is 5. The number of benzene rings is 1. The maximum Gasteiger partial charge on any atom is 0.256 e. The lowest BCUT2D eigenvalue weighted by Crippen LogP contribution is -2.47. The molecule has 27 heavy (non-hydrogen) atoms. The van der Waals surface area contributed by atoms with Crippen LogP contribution in [0.15, 0.2) is 18.2 Å². The molecule has 0 N–H and O–H groups in total. The summed E-state index contributed by atoms with van der Waals surface area (Å²) in [5, 5.41) is 0.325. The van der Waals surface area contributed by atoms with E-state index in [4.69, 9.17) is 16.3 Å². The lowest BCUT2D eigenvalue weighted by Gasteiger charge is -2.32. The summed E-state index contributed by atoms with van der Waals surface area (Å²) in [5.74, 6) is -0.964. The molecule has 1 aromatic rings. The summed E-state index contributed by atoms with van der Waals surface area (Å²) in [7, 11) is 0. The van der Waals surface area contributed by atoms with Crippen molar-refractivity contribution < 1.29 is 18.7 Å². The molecule has 0 saturated carbocycles. The number of carbonyl (C=O) groups excluding carboxylic acids is 2. The van der Waals surface area contributed by atoms with Crippen LogP contribution in [0.2, 0.25) is 5.02 Å². The molecule has 0 aliphatic carbocycles. The highest BCUT2D eigenvalue weighted by Crippen LogP contribution is 2.22. The molecule has 0 aromatic heterocycles. The van der Waals surface area contributed by atoms with Gasteiger partial charge in [0.05, 0.1) is 24.8 Å². The predicted molar refractivity (Wildman–Crippen MR) is 100 cm³/mol. The third kappa shape index (κ3) is 4.97. The molecule has 1 aromatic carbocycles. The minimum atomic E-state index is -0.580. The van der Waals surface area contributed by atoms with Gasteiger partial charge in [0.25, 0.3) is 5.91 Å². The zero-order valence-corrected chi connectivity index (χ0v) is 16.3. The largest absolute Gasteiger partial charge is 0.379 e. The summed E-state index contributed by atoms with van der Waals surface area (Å²) >= 11 is 5.90. The molecule has 0 bridgehead atoms. The Morgan fingerprint density at radius 2 is 2.04 bits per heavy atom. The van der Waals surface area contributed by atoms with Crippen LogP contribution in [0.3, 0.4) is 0 Å². The molecular weight excluding hydrogens is 373 g/mol. The van der Waals surface area contributed by atoms with Crippen LogP contribution in [0.4, 0.5) is 4.39 Å². The molecule has 1 atom stereocenters. The minimum Gasteiger partial charge on any atom is -0.379 e. The first-order valence-electron chi connectivity index (χ1n) is 9.27. The number of halogens is 2. The molecule has 8 heteroatoms. The van der Waals surface area contributed by atoms with Gasteiger partial charge in [-0.25, -0.2) is 4.39 Å². The van der Waals surface area contributed by atoms with E-state index in [2.05, 4.69) is 4.90 Å². The van der Waals surface area contributed by atoms with Gasteiger partial charge in [0, 0.05) is 51.2 Å². The maximum atomic E-state index is 14.0. The molecule has 2 heterocycles. The first kappa shape index (κ1) is 20.0. The molecule has 2 fully saturated rings. The fraction of sp³-hybridized carbons (Fsp3) is 0.579. The summed E-state index contributed by atoms with van der Waals surface area (Å²) in [6, 6.07) is 3.93. The number of hydrogen-bond acceptors (Lipinski definition) is 4. The number of likely N-dealkylation sites (tertiary alicyclic amines) is 1. The summed E-state index contributed by atoms with van der Waals surface area (Å²) in [6.07, 6.45) is 0.691. The predicted octanol–water partition coefficient (Wildman–Crippen LogP) is 1.87. The fourth-order valence-corrected chi connectivity index (χ4v) is 3.86. The van der Waals surface area contributed by atoms with Gasteiger partial charge in [0.1, 0.15) is 5.82 Å². The Balaban J connectivity index is 1.61. The number of morpholine rings is 1. The highest BCUT2D eigenvalue weighted by atomic mass is 35.5. The zero-order valence-electron chi connectivity index (χ0n) is 15.5. The zero-order chi connectivity index (χ0) is 19.4. The second-order valence-electron chi connectivity index (χ2n) is 6.98. The topological polar surface area (TPSA) is 53.1 Å². The van der Waals surface area contributed by atoms with Crippen molar-refractivity contribution in [3.05, 3.63) is 34.6 Å². The van der Waals surface area contributed by atoms with Gasteiger partial charge in [-0.1, -0.05) is 11.6 Å². The minimum absolute atomic E-state index is 0.00325. The molecule has 2 amide bonds.